The van der Waals surface area contributed by atoms with E-state index in [1.54, 1.807) is 0 Å². The first-order chi connectivity index (χ1) is 5.59. The van der Waals surface area contributed by atoms with E-state index in [-0.39, 0.29) is 18.1 Å². The summed E-state index contributed by atoms with van der Waals surface area (Å²) in [5, 5.41) is 10.1. The molecular formula is C7H7NO4. The Hall–Kier alpha value is -1.65. The van der Waals surface area contributed by atoms with Crippen molar-refractivity contribution in [3.63, 3.8) is 0 Å². The molecule has 64 valence electrons. The molecule has 5 heteroatoms. The zero-order chi connectivity index (χ0) is 9.14. The molecule has 0 fully saturated rings. The zero-order valence-corrected chi connectivity index (χ0v) is 6.44. The Morgan fingerprint density at radius 2 is 2.33 bits per heavy atom. The van der Waals surface area contributed by atoms with E-state index >= 15 is 0 Å². The first-order valence-corrected chi connectivity index (χ1v) is 3.32. The lowest BCUT2D eigenvalue weighted by molar-refractivity contribution is -0.402. The number of nitrogens with zero attached hydrogens (tertiary/aromatic N) is 1. The number of nitro groups is 1. The van der Waals surface area contributed by atoms with Gasteiger partial charge in [0.1, 0.15) is 16.5 Å². The SMILES string of the molecule is CC(=O)Cc1ccc([N+](=O)[O-])o1. The molecule has 0 aromatic carbocycles. The van der Waals surface area contributed by atoms with Crippen molar-refractivity contribution < 1.29 is 14.1 Å². The van der Waals surface area contributed by atoms with Gasteiger partial charge in [0.15, 0.2) is 0 Å². The lowest BCUT2D eigenvalue weighted by Gasteiger charge is -1.87. The first kappa shape index (κ1) is 8.45. The second kappa shape index (κ2) is 3.17. The second-order valence-electron chi connectivity index (χ2n) is 2.38. The van der Waals surface area contributed by atoms with Crippen molar-refractivity contribution in [3.05, 3.63) is 28.0 Å². The van der Waals surface area contributed by atoms with Crippen molar-refractivity contribution >= 4 is 11.7 Å². The van der Waals surface area contributed by atoms with Gasteiger partial charge < -0.3 is 4.42 Å². The van der Waals surface area contributed by atoms with Crippen LogP contribution >= 0.6 is 0 Å². The summed E-state index contributed by atoms with van der Waals surface area (Å²) in [6.45, 7) is 1.40. The maximum Gasteiger partial charge on any atom is 0.433 e. The van der Waals surface area contributed by atoms with Gasteiger partial charge in [-0.25, -0.2) is 0 Å². The highest BCUT2D eigenvalue weighted by Gasteiger charge is 2.12. The van der Waals surface area contributed by atoms with E-state index in [2.05, 4.69) is 0 Å². The van der Waals surface area contributed by atoms with Crippen molar-refractivity contribution in [2.75, 3.05) is 0 Å². The number of hydrogen-bond acceptors (Lipinski definition) is 4. The summed E-state index contributed by atoms with van der Waals surface area (Å²) in [5.74, 6) is -0.0836. The Morgan fingerprint density at radius 1 is 1.67 bits per heavy atom. The van der Waals surface area contributed by atoms with Gasteiger partial charge in [0.05, 0.1) is 12.5 Å². The predicted octanol–water partition coefficient (Wildman–Crippen LogP) is 1.32. The lowest BCUT2D eigenvalue weighted by atomic mass is 10.2. The summed E-state index contributed by atoms with van der Waals surface area (Å²) < 4.78 is 4.74. The van der Waals surface area contributed by atoms with Crippen molar-refractivity contribution in [3.8, 4) is 0 Å². The van der Waals surface area contributed by atoms with Crippen LogP contribution in [0.15, 0.2) is 16.5 Å². The summed E-state index contributed by atoms with van der Waals surface area (Å²) >= 11 is 0. The molecule has 0 spiro atoms. The molecule has 5 nitrogen and oxygen atoms in total. The molecule has 1 heterocycles. The summed E-state index contributed by atoms with van der Waals surface area (Å²) in [4.78, 5) is 20.1. The van der Waals surface area contributed by atoms with E-state index in [0.29, 0.717) is 5.76 Å². The molecule has 0 aliphatic heterocycles. The van der Waals surface area contributed by atoms with E-state index in [1.807, 2.05) is 0 Å². The van der Waals surface area contributed by atoms with Crippen molar-refractivity contribution in [1.29, 1.82) is 0 Å². The quantitative estimate of drug-likeness (QED) is 0.505. The summed E-state index contributed by atoms with van der Waals surface area (Å²) in [6.07, 6.45) is 0.105. The molecule has 0 bridgehead atoms. The van der Waals surface area contributed by atoms with Crippen molar-refractivity contribution in [2.24, 2.45) is 0 Å². The average molecular weight is 169 g/mol. The van der Waals surface area contributed by atoms with E-state index in [9.17, 15) is 14.9 Å². The number of rotatable bonds is 3. The lowest BCUT2D eigenvalue weighted by Crippen LogP contribution is -1.93. The average Bonchev–Trinajstić information content (AvgIpc) is 2.34. The van der Waals surface area contributed by atoms with E-state index in [4.69, 9.17) is 4.42 Å². The minimum Gasteiger partial charge on any atom is -0.405 e. The third-order valence-corrected chi connectivity index (χ3v) is 1.25. The molecule has 0 unspecified atom stereocenters. The summed E-state index contributed by atoms with van der Waals surface area (Å²) in [6, 6.07) is 2.66. The van der Waals surface area contributed by atoms with Crippen LogP contribution < -0.4 is 0 Å². The Labute approximate surface area is 68.1 Å². The molecule has 12 heavy (non-hydrogen) atoms. The highest BCUT2D eigenvalue weighted by molar-refractivity contribution is 5.77. The number of carbonyl (C=O) groups excluding carboxylic acids is 1. The third kappa shape index (κ3) is 1.91. The van der Waals surface area contributed by atoms with Crippen molar-refractivity contribution in [1.82, 2.24) is 0 Å². The molecule has 0 amide bonds. The minimum absolute atomic E-state index is 0.0840. The topological polar surface area (TPSA) is 73.3 Å². The molecule has 0 atom stereocenters. The Morgan fingerprint density at radius 3 is 2.75 bits per heavy atom. The van der Waals surface area contributed by atoms with E-state index in [0.717, 1.165) is 0 Å². The van der Waals surface area contributed by atoms with Crippen LogP contribution in [0.1, 0.15) is 12.7 Å². The van der Waals surface area contributed by atoms with Gasteiger partial charge in [-0.2, -0.15) is 0 Å². The summed E-state index contributed by atoms with van der Waals surface area (Å²) in [5.41, 5.74) is 0. The van der Waals surface area contributed by atoms with Gasteiger partial charge in [-0.05, 0) is 13.0 Å². The maximum atomic E-state index is 10.6. The summed E-state index contributed by atoms with van der Waals surface area (Å²) in [7, 11) is 0. The monoisotopic (exact) mass is 169 g/mol. The highest BCUT2D eigenvalue weighted by Crippen LogP contribution is 2.15. The fraction of sp³-hybridized carbons (Fsp3) is 0.286. The van der Waals surface area contributed by atoms with Crippen LogP contribution in [-0.2, 0) is 11.2 Å². The molecule has 1 aromatic heterocycles. The van der Waals surface area contributed by atoms with Crippen molar-refractivity contribution in [2.45, 2.75) is 13.3 Å². The normalized spacial score (nSPS) is 9.75. The van der Waals surface area contributed by atoms with Crippen LogP contribution in [0.25, 0.3) is 0 Å². The molecule has 0 N–H and O–H groups in total. The molecule has 0 radical (unpaired) electrons. The van der Waals surface area contributed by atoms with Crippen LogP contribution in [0.4, 0.5) is 5.88 Å². The number of furan rings is 1. The highest BCUT2D eigenvalue weighted by atomic mass is 16.6. The predicted molar refractivity (Wildman–Crippen MR) is 39.7 cm³/mol. The third-order valence-electron chi connectivity index (χ3n) is 1.25. The van der Waals surface area contributed by atoms with Crippen LogP contribution in [0, 0.1) is 10.1 Å². The zero-order valence-electron chi connectivity index (χ0n) is 6.44. The molecule has 1 rings (SSSR count). The largest absolute Gasteiger partial charge is 0.433 e. The Bertz CT molecular complexity index is 315. The molecule has 0 saturated carbocycles. The number of ketones is 1. The van der Waals surface area contributed by atoms with Crippen LogP contribution in [0.3, 0.4) is 0 Å². The first-order valence-electron chi connectivity index (χ1n) is 3.32. The van der Waals surface area contributed by atoms with E-state index in [1.165, 1.54) is 19.1 Å². The molecule has 1 aromatic rings. The van der Waals surface area contributed by atoms with Gasteiger partial charge in [-0.1, -0.05) is 0 Å². The molecule has 0 aliphatic rings. The van der Waals surface area contributed by atoms with Crippen LogP contribution in [0.5, 0.6) is 0 Å². The molecule has 0 saturated heterocycles. The Balaban J connectivity index is 2.77. The van der Waals surface area contributed by atoms with E-state index < -0.39 is 4.92 Å². The van der Waals surface area contributed by atoms with Crippen LogP contribution in [0.2, 0.25) is 0 Å². The standard InChI is InChI=1S/C7H7NO4/c1-5(9)4-6-2-3-7(12-6)8(10)11/h2-3H,4H2,1H3. The fourth-order valence-electron chi connectivity index (χ4n) is 0.805. The van der Waals surface area contributed by atoms with Gasteiger partial charge in [-0.3, -0.25) is 14.9 Å². The number of carbonyl (C=O) groups is 1. The second-order valence-corrected chi connectivity index (χ2v) is 2.38. The van der Waals surface area contributed by atoms with Gasteiger partial charge >= 0.3 is 5.88 Å². The maximum absolute atomic E-state index is 10.6. The fourth-order valence-corrected chi connectivity index (χ4v) is 0.805. The minimum atomic E-state index is -0.635. The molecule has 0 aliphatic carbocycles. The van der Waals surface area contributed by atoms with Gasteiger partial charge in [0, 0.05) is 0 Å². The smallest absolute Gasteiger partial charge is 0.405 e. The number of Topliss-reactive ketones (excluding diaryl/α,β-unsaturated/α-hetero) is 1. The van der Waals surface area contributed by atoms with Gasteiger partial charge in [0.2, 0.25) is 0 Å². The number of hydrogen-bond donors (Lipinski definition) is 0. The van der Waals surface area contributed by atoms with Gasteiger partial charge in [0.25, 0.3) is 0 Å². The van der Waals surface area contributed by atoms with Gasteiger partial charge in [-0.15, -0.1) is 0 Å². The Kier molecular flexibility index (Phi) is 2.23. The molecular weight excluding hydrogens is 162 g/mol. The van der Waals surface area contributed by atoms with Crippen LogP contribution in [-0.4, -0.2) is 10.7 Å².